The summed E-state index contributed by atoms with van der Waals surface area (Å²) in [7, 11) is -3.80. The highest BCUT2D eigenvalue weighted by Crippen LogP contribution is 2.30. The number of esters is 1. The summed E-state index contributed by atoms with van der Waals surface area (Å²) in [4.78, 5) is 25.1. The smallest absolute Gasteiger partial charge is 0.338 e. The van der Waals surface area contributed by atoms with Crippen molar-refractivity contribution >= 4 is 37.8 Å². The Balaban J connectivity index is 2.11. The van der Waals surface area contributed by atoms with Crippen LogP contribution in [0.4, 0.5) is 4.79 Å². The summed E-state index contributed by atoms with van der Waals surface area (Å²) >= 11 is 3.37. The molecule has 7 nitrogen and oxygen atoms in total. The number of hydrogen-bond acceptors (Lipinski definition) is 5. The lowest BCUT2D eigenvalue weighted by Crippen LogP contribution is -2.47. The Kier molecular flexibility index (Phi) is 6.39. The molecule has 0 saturated carbocycles. The van der Waals surface area contributed by atoms with Crippen molar-refractivity contribution in [2.24, 2.45) is 0 Å². The normalized spacial score (nSPS) is 16.8. The van der Waals surface area contributed by atoms with Gasteiger partial charge < -0.3 is 15.4 Å². The minimum Gasteiger partial charge on any atom is -0.463 e. The van der Waals surface area contributed by atoms with Gasteiger partial charge in [-0.3, -0.25) is 0 Å². The highest BCUT2D eigenvalue weighted by atomic mass is 79.9. The van der Waals surface area contributed by atoms with Gasteiger partial charge in [0.1, 0.15) is 0 Å². The fourth-order valence-corrected chi connectivity index (χ4v) is 4.78. The summed E-state index contributed by atoms with van der Waals surface area (Å²) in [6, 6.07) is 13.5. The third-order valence-corrected chi connectivity index (χ3v) is 6.42. The maximum atomic E-state index is 12.9. The molecular weight excluding hydrogens is 460 g/mol. The number of rotatable bonds is 6. The first-order valence-electron chi connectivity index (χ1n) is 8.82. The Labute approximate surface area is 177 Å². The number of ether oxygens (including phenoxy) is 1. The number of carbonyl (C=O) groups excluding carboxylic acids is 2. The molecule has 9 heteroatoms. The number of urea groups is 1. The van der Waals surface area contributed by atoms with E-state index in [1.807, 2.05) is 0 Å². The van der Waals surface area contributed by atoms with E-state index < -0.39 is 33.6 Å². The van der Waals surface area contributed by atoms with Gasteiger partial charge in [0.25, 0.3) is 0 Å². The van der Waals surface area contributed by atoms with Crippen LogP contribution in [0.3, 0.4) is 0 Å². The predicted molar refractivity (Wildman–Crippen MR) is 111 cm³/mol. The van der Waals surface area contributed by atoms with Crippen molar-refractivity contribution in [3.05, 3.63) is 75.9 Å². The van der Waals surface area contributed by atoms with Gasteiger partial charge in [0.05, 0.1) is 28.9 Å². The zero-order valence-electron chi connectivity index (χ0n) is 15.5. The van der Waals surface area contributed by atoms with Crippen molar-refractivity contribution < 1.29 is 22.7 Å². The Bertz CT molecular complexity index is 1070. The second kappa shape index (κ2) is 8.79. The zero-order chi connectivity index (χ0) is 21.0. The van der Waals surface area contributed by atoms with Crippen molar-refractivity contribution in [2.45, 2.75) is 17.9 Å². The average Bonchev–Trinajstić information content (AvgIpc) is 2.68. The third-order valence-electron chi connectivity index (χ3n) is 4.27. The molecule has 1 aliphatic heterocycles. The number of hydrogen-bond donors (Lipinski definition) is 2. The van der Waals surface area contributed by atoms with Gasteiger partial charge in [-0.25, -0.2) is 18.0 Å². The molecule has 29 heavy (non-hydrogen) atoms. The van der Waals surface area contributed by atoms with E-state index in [1.54, 1.807) is 49.4 Å². The molecule has 2 aromatic rings. The lowest BCUT2D eigenvalue weighted by molar-refractivity contribution is -0.139. The molecule has 3 rings (SSSR count). The van der Waals surface area contributed by atoms with Crippen molar-refractivity contribution in [2.75, 3.05) is 12.4 Å². The lowest BCUT2D eigenvalue weighted by atomic mass is 9.95. The van der Waals surface area contributed by atoms with Crippen LogP contribution in [0.2, 0.25) is 0 Å². The molecule has 0 unspecified atom stereocenters. The SMILES string of the molecule is CCOC(=O)C1=C(CS(=O)(=O)c2ccccc2)NC(=O)N[C@@H]1c1cccc(Br)c1. The van der Waals surface area contributed by atoms with Crippen LogP contribution in [0.5, 0.6) is 0 Å². The van der Waals surface area contributed by atoms with E-state index in [0.717, 1.165) is 4.47 Å². The second-order valence-electron chi connectivity index (χ2n) is 6.27. The molecule has 1 atom stereocenters. The Morgan fingerprint density at radius 3 is 2.52 bits per heavy atom. The standard InChI is InChI=1S/C20H19BrN2O5S/c1-2-28-19(24)17-16(12-29(26,27)15-9-4-3-5-10-15)22-20(25)23-18(17)13-7-6-8-14(21)11-13/h3-11,18H,2,12H2,1H3,(H2,22,23,25)/t18-/m1/s1. The molecule has 152 valence electrons. The molecule has 1 aliphatic rings. The first-order chi connectivity index (χ1) is 13.8. The number of nitrogens with one attached hydrogen (secondary N) is 2. The number of amides is 2. The van der Waals surface area contributed by atoms with E-state index in [-0.39, 0.29) is 22.8 Å². The van der Waals surface area contributed by atoms with Crippen molar-refractivity contribution in [3.8, 4) is 0 Å². The summed E-state index contributed by atoms with van der Waals surface area (Å²) in [5.74, 6) is -1.23. The van der Waals surface area contributed by atoms with Gasteiger partial charge in [0.2, 0.25) is 0 Å². The van der Waals surface area contributed by atoms with Gasteiger partial charge in [-0.1, -0.05) is 46.3 Å². The van der Waals surface area contributed by atoms with E-state index in [4.69, 9.17) is 4.74 Å². The van der Waals surface area contributed by atoms with E-state index in [0.29, 0.717) is 5.56 Å². The maximum absolute atomic E-state index is 12.9. The second-order valence-corrected chi connectivity index (χ2v) is 9.18. The topological polar surface area (TPSA) is 102 Å². The van der Waals surface area contributed by atoms with E-state index >= 15 is 0 Å². The fourth-order valence-electron chi connectivity index (χ4n) is 3.02. The molecule has 0 saturated heterocycles. The molecule has 0 bridgehead atoms. The first kappa shape index (κ1) is 21.1. The van der Waals surface area contributed by atoms with Crippen molar-refractivity contribution in [1.29, 1.82) is 0 Å². The molecule has 2 N–H and O–H groups in total. The summed E-state index contributed by atoms with van der Waals surface area (Å²) < 4.78 is 31.6. The molecule has 0 radical (unpaired) electrons. The van der Waals surface area contributed by atoms with Gasteiger partial charge in [-0.2, -0.15) is 0 Å². The summed E-state index contributed by atoms with van der Waals surface area (Å²) in [5.41, 5.74) is 0.678. The predicted octanol–water partition coefficient (Wildman–Crippen LogP) is 3.09. The Morgan fingerprint density at radius 1 is 1.14 bits per heavy atom. The van der Waals surface area contributed by atoms with E-state index in [2.05, 4.69) is 26.6 Å². The molecule has 2 amide bonds. The van der Waals surface area contributed by atoms with Crippen molar-refractivity contribution in [3.63, 3.8) is 0 Å². The van der Waals surface area contributed by atoms with Crippen LogP contribution in [0.15, 0.2) is 75.2 Å². The van der Waals surface area contributed by atoms with Gasteiger partial charge in [0.15, 0.2) is 9.84 Å². The summed E-state index contributed by atoms with van der Waals surface area (Å²) in [6.45, 7) is 1.77. The average molecular weight is 479 g/mol. The van der Waals surface area contributed by atoms with E-state index in [9.17, 15) is 18.0 Å². The third kappa shape index (κ3) is 4.86. The molecule has 1 heterocycles. The van der Waals surface area contributed by atoms with Crippen LogP contribution in [0.1, 0.15) is 18.5 Å². The number of halogens is 1. The first-order valence-corrected chi connectivity index (χ1v) is 11.3. The lowest BCUT2D eigenvalue weighted by Gasteiger charge is -2.29. The van der Waals surface area contributed by atoms with Crippen molar-refractivity contribution in [1.82, 2.24) is 10.6 Å². The van der Waals surface area contributed by atoms with Crippen LogP contribution in [-0.4, -0.2) is 32.8 Å². The molecule has 0 aromatic heterocycles. The van der Waals surface area contributed by atoms with Crippen LogP contribution in [-0.2, 0) is 19.4 Å². The van der Waals surface area contributed by atoms with Crippen LogP contribution < -0.4 is 10.6 Å². The van der Waals surface area contributed by atoms with Gasteiger partial charge in [0, 0.05) is 10.2 Å². The quantitative estimate of drug-likeness (QED) is 0.621. The number of carbonyl (C=O) groups is 2. The van der Waals surface area contributed by atoms with Crippen LogP contribution >= 0.6 is 15.9 Å². The number of benzene rings is 2. The monoisotopic (exact) mass is 478 g/mol. The minimum absolute atomic E-state index is 0.000952. The Hall–Kier alpha value is -2.65. The Morgan fingerprint density at radius 2 is 1.86 bits per heavy atom. The zero-order valence-corrected chi connectivity index (χ0v) is 17.9. The molecule has 0 fully saturated rings. The van der Waals surface area contributed by atoms with Gasteiger partial charge >= 0.3 is 12.0 Å². The minimum atomic E-state index is -3.80. The molecule has 0 spiro atoms. The highest BCUT2D eigenvalue weighted by Gasteiger charge is 2.35. The largest absolute Gasteiger partial charge is 0.463 e. The maximum Gasteiger partial charge on any atom is 0.338 e. The molecule has 2 aromatic carbocycles. The summed E-state index contributed by atoms with van der Waals surface area (Å²) in [5, 5.41) is 5.16. The highest BCUT2D eigenvalue weighted by molar-refractivity contribution is 9.10. The fraction of sp³-hybridized carbons (Fsp3) is 0.200. The van der Waals surface area contributed by atoms with Crippen LogP contribution in [0.25, 0.3) is 0 Å². The van der Waals surface area contributed by atoms with Gasteiger partial charge in [-0.15, -0.1) is 0 Å². The molecular formula is C20H19BrN2O5S. The summed E-state index contributed by atoms with van der Waals surface area (Å²) in [6.07, 6.45) is 0. The van der Waals surface area contributed by atoms with Crippen LogP contribution in [0, 0.1) is 0 Å². The molecule has 0 aliphatic carbocycles. The number of sulfone groups is 1. The van der Waals surface area contributed by atoms with Gasteiger partial charge in [-0.05, 0) is 36.8 Å². The van der Waals surface area contributed by atoms with E-state index in [1.165, 1.54) is 12.1 Å².